The van der Waals surface area contributed by atoms with E-state index in [0.717, 1.165) is 18.5 Å². The first-order valence-electron chi connectivity index (χ1n) is 8.08. The van der Waals surface area contributed by atoms with Gasteiger partial charge in [-0.05, 0) is 42.7 Å². The molecule has 1 aliphatic heterocycles. The summed E-state index contributed by atoms with van der Waals surface area (Å²) in [4.78, 5) is 11.5. The fourth-order valence-electron chi connectivity index (χ4n) is 3.00. The van der Waals surface area contributed by atoms with Crippen LogP contribution in [0.5, 0.6) is 5.75 Å². The summed E-state index contributed by atoms with van der Waals surface area (Å²) in [6.07, 6.45) is 0.932. The molecular weight excluding hydrogens is 345 g/mol. The molecule has 3 rings (SSSR count). The number of esters is 1. The summed E-state index contributed by atoms with van der Waals surface area (Å²) in [5.74, 6) is -0.290. The number of nitrogens with one attached hydrogen (secondary N) is 1. The zero-order valence-electron chi connectivity index (χ0n) is 14.0. The molecular formula is C19H21ClFNO3. The Morgan fingerprint density at radius 3 is 2.84 bits per heavy atom. The molecule has 0 bridgehead atoms. The molecule has 1 atom stereocenters. The molecule has 2 aromatic rings. The van der Waals surface area contributed by atoms with Crippen LogP contribution in [0.1, 0.15) is 29.7 Å². The van der Waals surface area contributed by atoms with Gasteiger partial charge in [0.2, 0.25) is 0 Å². The largest absolute Gasteiger partial charge is 0.482 e. The Morgan fingerprint density at radius 1 is 1.24 bits per heavy atom. The molecule has 1 N–H and O–H groups in total. The number of fused-ring (bicyclic) bond motifs is 1. The first kappa shape index (κ1) is 19.2. The van der Waals surface area contributed by atoms with E-state index in [-0.39, 0.29) is 30.9 Å². The van der Waals surface area contributed by atoms with Gasteiger partial charge < -0.3 is 14.8 Å². The average Bonchev–Trinajstić information content (AvgIpc) is 2.60. The number of ether oxygens (including phenoxy) is 2. The lowest BCUT2D eigenvalue weighted by Crippen LogP contribution is -2.31. The van der Waals surface area contributed by atoms with E-state index in [0.29, 0.717) is 17.9 Å². The lowest BCUT2D eigenvalue weighted by Gasteiger charge is -2.28. The zero-order chi connectivity index (χ0) is 16.9. The lowest BCUT2D eigenvalue weighted by atomic mass is 9.89. The first-order chi connectivity index (χ1) is 11.7. The molecule has 25 heavy (non-hydrogen) atoms. The molecule has 6 heteroatoms. The van der Waals surface area contributed by atoms with Gasteiger partial charge in [-0.15, -0.1) is 12.4 Å². The minimum atomic E-state index is -0.440. The molecule has 0 amide bonds. The summed E-state index contributed by atoms with van der Waals surface area (Å²) in [6.45, 7) is 2.65. The third-order valence-electron chi connectivity index (χ3n) is 4.04. The van der Waals surface area contributed by atoms with Crippen LogP contribution in [0.15, 0.2) is 42.5 Å². The SMILES string of the molecule is CCOC(=O)COc1ccc(F)cc1[C@H]1NCCc2ccccc21.Cl. The predicted molar refractivity (Wildman–Crippen MR) is 95.8 cm³/mol. The highest BCUT2D eigenvalue weighted by Gasteiger charge is 2.24. The summed E-state index contributed by atoms with van der Waals surface area (Å²) in [6, 6.07) is 12.3. The highest BCUT2D eigenvalue weighted by atomic mass is 35.5. The standard InChI is InChI=1S/C19H20FNO3.ClH/c1-2-23-18(22)12-24-17-8-7-14(20)11-16(17)19-15-6-4-3-5-13(15)9-10-21-19;/h3-8,11,19,21H,2,9-10,12H2,1H3;1H/t19-;/m0./s1. The molecule has 0 saturated heterocycles. The molecule has 1 aliphatic rings. The van der Waals surface area contributed by atoms with E-state index in [2.05, 4.69) is 11.4 Å². The van der Waals surface area contributed by atoms with E-state index in [1.165, 1.54) is 17.7 Å². The van der Waals surface area contributed by atoms with Crippen molar-refractivity contribution in [1.82, 2.24) is 5.32 Å². The Labute approximate surface area is 152 Å². The van der Waals surface area contributed by atoms with Crippen molar-refractivity contribution < 1.29 is 18.7 Å². The number of hydrogen-bond donors (Lipinski definition) is 1. The van der Waals surface area contributed by atoms with Crippen molar-refractivity contribution in [3.63, 3.8) is 0 Å². The van der Waals surface area contributed by atoms with Crippen LogP contribution in [0.3, 0.4) is 0 Å². The summed E-state index contributed by atoms with van der Waals surface area (Å²) >= 11 is 0. The second-order valence-electron chi connectivity index (χ2n) is 5.61. The maximum atomic E-state index is 13.8. The number of halogens is 2. The van der Waals surface area contributed by atoms with Crippen LogP contribution < -0.4 is 10.1 Å². The zero-order valence-corrected chi connectivity index (χ0v) is 14.8. The van der Waals surface area contributed by atoms with Crippen molar-refractivity contribution in [3.8, 4) is 5.75 Å². The third-order valence-corrected chi connectivity index (χ3v) is 4.04. The fourth-order valence-corrected chi connectivity index (χ4v) is 3.00. The number of benzene rings is 2. The number of rotatable bonds is 5. The highest BCUT2D eigenvalue weighted by Crippen LogP contribution is 2.34. The topological polar surface area (TPSA) is 47.6 Å². The van der Waals surface area contributed by atoms with E-state index in [9.17, 15) is 9.18 Å². The van der Waals surface area contributed by atoms with Crippen LogP contribution in [0.4, 0.5) is 4.39 Å². The maximum Gasteiger partial charge on any atom is 0.344 e. The van der Waals surface area contributed by atoms with E-state index < -0.39 is 5.97 Å². The quantitative estimate of drug-likeness (QED) is 0.825. The van der Waals surface area contributed by atoms with Crippen molar-refractivity contribution in [2.45, 2.75) is 19.4 Å². The van der Waals surface area contributed by atoms with Gasteiger partial charge in [-0.2, -0.15) is 0 Å². The third kappa shape index (κ3) is 4.50. The van der Waals surface area contributed by atoms with Gasteiger partial charge >= 0.3 is 5.97 Å². The molecule has 1 heterocycles. The second-order valence-corrected chi connectivity index (χ2v) is 5.61. The molecule has 134 valence electrons. The Bertz CT molecular complexity index is 738. The minimum Gasteiger partial charge on any atom is -0.482 e. The fraction of sp³-hybridized carbons (Fsp3) is 0.316. The monoisotopic (exact) mass is 365 g/mol. The Hall–Kier alpha value is -2.11. The predicted octanol–water partition coefficient (Wildman–Crippen LogP) is 3.42. The van der Waals surface area contributed by atoms with Gasteiger partial charge in [0.1, 0.15) is 11.6 Å². The van der Waals surface area contributed by atoms with E-state index in [4.69, 9.17) is 9.47 Å². The van der Waals surface area contributed by atoms with Gasteiger partial charge in [-0.25, -0.2) is 9.18 Å². The van der Waals surface area contributed by atoms with Crippen LogP contribution in [0.2, 0.25) is 0 Å². The molecule has 0 radical (unpaired) electrons. The summed E-state index contributed by atoms with van der Waals surface area (Å²) in [7, 11) is 0. The van der Waals surface area contributed by atoms with Gasteiger partial charge in [0.15, 0.2) is 6.61 Å². The average molecular weight is 366 g/mol. The summed E-state index contributed by atoms with van der Waals surface area (Å²) in [5, 5.41) is 3.41. The molecule has 0 unspecified atom stereocenters. The van der Waals surface area contributed by atoms with E-state index >= 15 is 0 Å². The van der Waals surface area contributed by atoms with E-state index in [1.807, 2.05) is 18.2 Å². The van der Waals surface area contributed by atoms with Gasteiger partial charge in [0.25, 0.3) is 0 Å². The summed E-state index contributed by atoms with van der Waals surface area (Å²) < 4.78 is 24.3. The van der Waals surface area contributed by atoms with Gasteiger partial charge in [-0.1, -0.05) is 24.3 Å². The second kappa shape index (κ2) is 8.83. The molecule has 0 spiro atoms. The number of carbonyl (C=O) groups excluding carboxylic acids is 1. The maximum absolute atomic E-state index is 13.8. The summed E-state index contributed by atoms with van der Waals surface area (Å²) in [5.41, 5.74) is 3.03. The van der Waals surface area contributed by atoms with Crippen LogP contribution >= 0.6 is 12.4 Å². The number of hydrogen-bond acceptors (Lipinski definition) is 4. The van der Waals surface area contributed by atoms with Gasteiger partial charge in [-0.3, -0.25) is 0 Å². The number of carbonyl (C=O) groups is 1. The normalized spacial score (nSPS) is 15.7. The Balaban J connectivity index is 0.00000225. The van der Waals surface area contributed by atoms with Crippen LogP contribution in [0.25, 0.3) is 0 Å². The Kier molecular flexibility index (Phi) is 6.79. The van der Waals surface area contributed by atoms with Crippen molar-refractivity contribution in [2.75, 3.05) is 19.8 Å². The van der Waals surface area contributed by atoms with Crippen molar-refractivity contribution in [1.29, 1.82) is 0 Å². The molecule has 0 fully saturated rings. The van der Waals surface area contributed by atoms with Crippen molar-refractivity contribution >= 4 is 18.4 Å². The van der Waals surface area contributed by atoms with Crippen LogP contribution in [0, 0.1) is 5.82 Å². The first-order valence-corrected chi connectivity index (χ1v) is 8.08. The highest BCUT2D eigenvalue weighted by molar-refractivity contribution is 5.85. The molecule has 0 aromatic heterocycles. The van der Waals surface area contributed by atoms with E-state index in [1.54, 1.807) is 13.0 Å². The lowest BCUT2D eigenvalue weighted by molar-refractivity contribution is -0.145. The molecule has 4 nitrogen and oxygen atoms in total. The van der Waals surface area contributed by atoms with Crippen molar-refractivity contribution in [3.05, 3.63) is 65.0 Å². The minimum absolute atomic E-state index is 0. The van der Waals surface area contributed by atoms with Gasteiger partial charge in [0, 0.05) is 12.1 Å². The van der Waals surface area contributed by atoms with Crippen molar-refractivity contribution in [2.24, 2.45) is 0 Å². The smallest absolute Gasteiger partial charge is 0.344 e. The molecule has 2 aromatic carbocycles. The Morgan fingerprint density at radius 2 is 2.04 bits per heavy atom. The molecule has 0 saturated carbocycles. The van der Waals surface area contributed by atoms with Crippen LogP contribution in [-0.2, 0) is 16.0 Å². The van der Waals surface area contributed by atoms with Gasteiger partial charge in [0.05, 0.1) is 12.6 Å². The molecule has 0 aliphatic carbocycles. The van der Waals surface area contributed by atoms with Crippen LogP contribution in [-0.4, -0.2) is 25.7 Å².